The number of hydrogen-bond donors (Lipinski definition) is 3. The van der Waals surface area contributed by atoms with E-state index < -0.39 is 0 Å². The van der Waals surface area contributed by atoms with Crippen molar-refractivity contribution in [2.75, 3.05) is 5.32 Å². The number of carbonyl (C=O) groups excluding carboxylic acids is 1. The minimum absolute atomic E-state index is 0.0554. The quantitative estimate of drug-likeness (QED) is 0.665. The van der Waals surface area contributed by atoms with Gasteiger partial charge >= 0.3 is 6.03 Å². The van der Waals surface area contributed by atoms with Crippen LogP contribution in [0.15, 0.2) is 36.8 Å². The van der Waals surface area contributed by atoms with Gasteiger partial charge in [-0.2, -0.15) is 0 Å². The molecule has 3 rings (SSSR count). The Balaban J connectivity index is 1.61. The second kappa shape index (κ2) is 7.29. The van der Waals surface area contributed by atoms with Crippen LogP contribution in [0.4, 0.5) is 10.5 Å². The molecule has 25 heavy (non-hydrogen) atoms. The molecule has 7 nitrogen and oxygen atoms in total. The predicted octanol–water partition coefficient (Wildman–Crippen LogP) is 3.23. The summed E-state index contributed by atoms with van der Waals surface area (Å²) in [5.74, 6) is 1.27. The Kier molecular flexibility index (Phi) is 4.92. The van der Waals surface area contributed by atoms with Gasteiger partial charge in [-0.15, -0.1) is 0 Å². The lowest BCUT2D eigenvalue weighted by Crippen LogP contribution is -2.37. The number of anilines is 1. The third-order valence-corrected chi connectivity index (χ3v) is 3.81. The van der Waals surface area contributed by atoms with Gasteiger partial charge < -0.3 is 15.6 Å². The Morgan fingerprint density at radius 1 is 1.24 bits per heavy atom. The van der Waals surface area contributed by atoms with E-state index in [1.54, 1.807) is 18.6 Å². The Labute approximate surface area is 146 Å². The van der Waals surface area contributed by atoms with Gasteiger partial charge in [-0.1, -0.05) is 13.8 Å². The molecule has 2 heterocycles. The number of H-pyrrole nitrogens is 1. The van der Waals surface area contributed by atoms with Gasteiger partial charge in [-0.05, 0) is 25.1 Å². The maximum atomic E-state index is 12.2. The van der Waals surface area contributed by atoms with Crippen molar-refractivity contribution in [1.82, 2.24) is 25.3 Å². The minimum Gasteiger partial charge on any atom is -0.342 e. The van der Waals surface area contributed by atoms with Crippen LogP contribution in [0.5, 0.6) is 0 Å². The van der Waals surface area contributed by atoms with Crippen molar-refractivity contribution >= 4 is 22.8 Å². The number of nitrogens with one attached hydrogen (secondary N) is 3. The average molecular weight is 338 g/mol. The van der Waals surface area contributed by atoms with Crippen LogP contribution < -0.4 is 10.6 Å². The van der Waals surface area contributed by atoms with E-state index in [0.717, 1.165) is 28.2 Å². The van der Waals surface area contributed by atoms with E-state index in [1.807, 2.05) is 25.1 Å². The summed E-state index contributed by atoms with van der Waals surface area (Å²) in [7, 11) is 0. The molecule has 0 spiro atoms. The molecule has 2 aromatic heterocycles. The number of hydrogen-bond acceptors (Lipinski definition) is 4. The standard InChI is InChI=1S/C18H22N6O/c1-11(2)17-23-15-5-4-13(9-16(15)24-17)22-18(25)21-12(3)8-14-10-19-6-7-20-14/h4-7,9-12H,8H2,1-3H3,(H,23,24)(H2,21,22,25)/t12-/m0/s1. The molecule has 0 aliphatic rings. The smallest absolute Gasteiger partial charge is 0.319 e. The summed E-state index contributed by atoms with van der Waals surface area (Å²) in [6, 6.07) is 5.33. The van der Waals surface area contributed by atoms with E-state index in [2.05, 4.69) is 44.4 Å². The zero-order chi connectivity index (χ0) is 17.8. The van der Waals surface area contributed by atoms with Gasteiger partial charge in [0.1, 0.15) is 5.82 Å². The van der Waals surface area contributed by atoms with Crippen molar-refractivity contribution in [1.29, 1.82) is 0 Å². The maximum absolute atomic E-state index is 12.2. The molecule has 1 aromatic carbocycles. The van der Waals surface area contributed by atoms with Crippen LogP contribution in [0.25, 0.3) is 11.0 Å². The molecular weight excluding hydrogens is 316 g/mol. The fourth-order valence-electron chi connectivity index (χ4n) is 2.57. The largest absolute Gasteiger partial charge is 0.342 e. The molecule has 0 fully saturated rings. The molecule has 0 radical (unpaired) electrons. The number of benzene rings is 1. The van der Waals surface area contributed by atoms with Crippen molar-refractivity contribution in [3.63, 3.8) is 0 Å². The lowest BCUT2D eigenvalue weighted by molar-refractivity contribution is 0.249. The van der Waals surface area contributed by atoms with E-state index in [4.69, 9.17) is 0 Å². The number of nitrogens with zero attached hydrogens (tertiary/aromatic N) is 3. The van der Waals surface area contributed by atoms with E-state index >= 15 is 0 Å². The number of aromatic amines is 1. The summed E-state index contributed by atoms with van der Waals surface area (Å²) < 4.78 is 0. The Bertz CT molecular complexity index is 858. The molecule has 1 atom stereocenters. The fourth-order valence-corrected chi connectivity index (χ4v) is 2.57. The predicted molar refractivity (Wildman–Crippen MR) is 97.5 cm³/mol. The molecule has 0 aliphatic carbocycles. The molecule has 2 amide bonds. The number of fused-ring (bicyclic) bond motifs is 1. The number of urea groups is 1. The number of imidazole rings is 1. The molecular formula is C18H22N6O. The SMILES string of the molecule is CC(C)c1nc2ccc(NC(=O)N[C@@H](C)Cc3cnccn3)cc2[nH]1. The van der Waals surface area contributed by atoms with Crippen LogP contribution in [-0.4, -0.2) is 32.0 Å². The summed E-state index contributed by atoms with van der Waals surface area (Å²) in [5.41, 5.74) is 3.37. The number of amides is 2. The molecule has 7 heteroatoms. The zero-order valence-corrected chi connectivity index (χ0v) is 14.6. The fraction of sp³-hybridized carbons (Fsp3) is 0.333. The van der Waals surface area contributed by atoms with Gasteiger partial charge in [0.15, 0.2) is 0 Å². The first-order valence-electron chi connectivity index (χ1n) is 8.33. The summed E-state index contributed by atoms with van der Waals surface area (Å²) in [6.07, 6.45) is 5.60. The van der Waals surface area contributed by atoms with Crippen LogP contribution in [0, 0.1) is 0 Å². The second-order valence-corrected chi connectivity index (χ2v) is 6.41. The van der Waals surface area contributed by atoms with E-state index in [9.17, 15) is 4.79 Å². The zero-order valence-electron chi connectivity index (χ0n) is 14.6. The van der Waals surface area contributed by atoms with Crippen molar-refractivity contribution in [3.05, 3.63) is 48.3 Å². The Morgan fingerprint density at radius 2 is 2.08 bits per heavy atom. The molecule has 0 bridgehead atoms. The minimum atomic E-state index is -0.251. The van der Waals surface area contributed by atoms with Crippen LogP contribution in [-0.2, 0) is 6.42 Å². The van der Waals surface area contributed by atoms with Gasteiger partial charge in [0.25, 0.3) is 0 Å². The average Bonchev–Trinajstić information content (AvgIpc) is 2.99. The molecule has 3 aromatic rings. The van der Waals surface area contributed by atoms with Crippen LogP contribution in [0.3, 0.4) is 0 Å². The molecule has 3 N–H and O–H groups in total. The highest BCUT2D eigenvalue weighted by Gasteiger charge is 2.11. The maximum Gasteiger partial charge on any atom is 0.319 e. The Morgan fingerprint density at radius 3 is 2.80 bits per heavy atom. The summed E-state index contributed by atoms with van der Waals surface area (Å²) >= 11 is 0. The van der Waals surface area contributed by atoms with E-state index in [-0.39, 0.29) is 12.1 Å². The highest BCUT2D eigenvalue weighted by molar-refractivity contribution is 5.92. The van der Waals surface area contributed by atoms with Gasteiger partial charge in [0, 0.05) is 42.7 Å². The van der Waals surface area contributed by atoms with E-state index in [1.165, 1.54) is 0 Å². The van der Waals surface area contributed by atoms with Gasteiger partial charge in [0.2, 0.25) is 0 Å². The first-order chi connectivity index (χ1) is 12.0. The summed E-state index contributed by atoms with van der Waals surface area (Å²) in [4.78, 5) is 28.2. The highest BCUT2D eigenvalue weighted by atomic mass is 16.2. The summed E-state index contributed by atoms with van der Waals surface area (Å²) in [5, 5.41) is 5.76. The topological polar surface area (TPSA) is 95.6 Å². The van der Waals surface area contributed by atoms with Gasteiger partial charge in [-0.25, -0.2) is 9.78 Å². The lowest BCUT2D eigenvalue weighted by Gasteiger charge is -2.14. The van der Waals surface area contributed by atoms with Crippen molar-refractivity contribution in [2.24, 2.45) is 0 Å². The van der Waals surface area contributed by atoms with Crippen molar-refractivity contribution in [2.45, 2.75) is 39.2 Å². The number of aromatic nitrogens is 4. The molecule has 0 saturated heterocycles. The third-order valence-electron chi connectivity index (χ3n) is 3.81. The summed E-state index contributed by atoms with van der Waals surface area (Å²) in [6.45, 7) is 6.10. The van der Waals surface area contributed by atoms with Crippen LogP contribution in [0.2, 0.25) is 0 Å². The van der Waals surface area contributed by atoms with Crippen LogP contribution >= 0.6 is 0 Å². The molecule has 0 saturated carbocycles. The Hall–Kier alpha value is -2.96. The second-order valence-electron chi connectivity index (χ2n) is 6.41. The van der Waals surface area contributed by atoms with Gasteiger partial charge in [-0.3, -0.25) is 9.97 Å². The molecule has 0 unspecified atom stereocenters. The lowest BCUT2D eigenvalue weighted by atomic mass is 10.2. The normalized spacial score (nSPS) is 12.3. The van der Waals surface area contributed by atoms with Crippen molar-refractivity contribution in [3.8, 4) is 0 Å². The molecule has 130 valence electrons. The van der Waals surface area contributed by atoms with Crippen LogP contribution in [0.1, 0.15) is 38.2 Å². The monoisotopic (exact) mass is 338 g/mol. The molecule has 0 aliphatic heterocycles. The van der Waals surface area contributed by atoms with Gasteiger partial charge in [0.05, 0.1) is 16.7 Å². The van der Waals surface area contributed by atoms with Crippen molar-refractivity contribution < 1.29 is 4.79 Å². The number of rotatable bonds is 5. The third kappa shape index (κ3) is 4.32. The first-order valence-corrected chi connectivity index (χ1v) is 8.33. The van der Waals surface area contributed by atoms with E-state index in [0.29, 0.717) is 12.3 Å². The highest BCUT2D eigenvalue weighted by Crippen LogP contribution is 2.20. The first kappa shape index (κ1) is 16.9. The number of carbonyl (C=O) groups is 1.